The molecule has 5 heteroatoms. The summed E-state index contributed by atoms with van der Waals surface area (Å²) in [7, 11) is 1.39. The molecule has 0 aromatic heterocycles. The zero-order valence-corrected chi connectivity index (χ0v) is 10.3. The van der Waals surface area contributed by atoms with Crippen LogP contribution >= 0.6 is 0 Å². The quantitative estimate of drug-likeness (QED) is 0.691. The highest BCUT2D eigenvalue weighted by molar-refractivity contribution is 5.82. The maximum Gasteiger partial charge on any atom is 0.309 e. The summed E-state index contributed by atoms with van der Waals surface area (Å²) in [6.07, 6.45) is 0. The SMILES string of the molecule is COC(=O)C(C)C(C)N1CCNC(=O)C1C. The van der Waals surface area contributed by atoms with E-state index in [9.17, 15) is 9.59 Å². The van der Waals surface area contributed by atoms with Crippen LogP contribution in [0.3, 0.4) is 0 Å². The predicted molar refractivity (Wildman–Crippen MR) is 59.8 cm³/mol. The van der Waals surface area contributed by atoms with Crippen molar-refractivity contribution in [1.82, 2.24) is 10.2 Å². The Bertz CT molecular complexity index is 280. The van der Waals surface area contributed by atoms with E-state index in [1.54, 1.807) is 0 Å². The second-order valence-electron chi connectivity index (χ2n) is 4.26. The van der Waals surface area contributed by atoms with Crippen molar-refractivity contribution in [3.63, 3.8) is 0 Å². The molecule has 0 aliphatic carbocycles. The maximum atomic E-state index is 11.5. The Labute approximate surface area is 96.1 Å². The fraction of sp³-hybridized carbons (Fsp3) is 0.818. The molecule has 5 nitrogen and oxygen atoms in total. The molecular formula is C11H20N2O3. The van der Waals surface area contributed by atoms with Gasteiger partial charge in [0.2, 0.25) is 5.91 Å². The van der Waals surface area contributed by atoms with Crippen molar-refractivity contribution in [2.75, 3.05) is 20.2 Å². The molecular weight excluding hydrogens is 208 g/mol. The number of carbonyl (C=O) groups is 2. The Morgan fingerprint density at radius 2 is 2.19 bits per heavy atom. The van der Waals surface area contributed by atoms with Gasteiger partial charge in [-0.2, -0.15) is 0 Å². The van der Waals surface area contributed by atoms with Crippen LogP contribution in [0.15, 0.2) is 0 Å². The molecule has 0 saturated carbocycles. The summed E-state index contributed by atoms with van der Waals surface area (Å²) in [6, 6.07) is -0.177. The van der Waals surface area contributed by atoms with Gasteiger partial charge in [-0.3, -0.25) is 14.5 Å². The van der Waals surface area contributed by atoms with Crippen molar-refractivity contribution >= 4 is 11.9 Å². The number of rotatable bonds is 3. The third kappa shape index (κ3) is 2.52. The van der Waals surface area contributed by atoms with Gasteiger partial charge in [-0.05, 0) is 13.8 Å². The van der Waals surface area contributed by atoms with E-state index in [2.05, 4.69) is 5.32 Å². The highest BCUT2D eigenvalue weighted by Crippen LogP contribution is 2.17. The zero-order valence-electron chi connectivity index (χ0n) is 10.3. The van der Waals surface area contributed by atoms with Gasteiger partial charge >= 0.3 is 5.97 Å². The summed E-state index contributed by atoms with van der Waals surface area (Å²) in [5, 5.41) is 2.80. The van der Waals surface area contributed by atoms with Crippen LogP contribution in [-0.2, 0) is 14.3 Å². The lowest BCUT2D eigenvalue weighted by molar-refractivity contribution is -0.148. The molecule has 0 radical (unpaired) electrons. The first-order valence-corrected chi connectivity index (χ1v) is 5.60. The molecule has 3 atom stereocenters. The molecule has 1 saturated heterocycles. The van der Waals surface area contributed by atoms with Gasteiger partial charge in [0.25, 0.3) is 0 Å². The fourth-order valence-electron chi connectivity index (χ4n) is 2.03. The number of ether oxygens (including phenoxy) is 1. The predicted octanol–water partition coefficient (Wildman–Crippen LogP) is 0.00430. The maximum absolute atomic E-state index is 11.5. The van der Waals surface area contributed by atoms with Crippen molar-refractivity contribution in [2.24, 2.45) is 5.92 Å². The molecule has 0 spiro atoms. The van der Waals surface area contributed by atoms with Crippen LogP contribution in [0.5, 0.6) is 0 Å². The van der Waals surface area contributed by atoms with Gasteiger partial charge in [0, 0.05) is 19.1 Å². The largest absolute Gasteiger partial charge is 0.469 e. The summed E-state index contributed by atoms with van der Waals surface area (Å²) < 4.78 is 4.72. The molecule has 1 rings (SSSR count). The third-order valence-corrected chi connectivity index (χ3v) is 3.37. The van der Waals surface area contributed by atoms with Crippen LogP contribution in [-0.4, -0.2) is 49.1 Å². The second-order valence-corrected chi connectivity index (χ2v) is 4.26. The highest BCUT2D eigenvalue weighted by Gasteiger charge is 2.33. The Kier molecular flexibility index (Phi) is 4.29. The second kappa shape index (κ2) is 5.30. The molecule has 92 valence electrons. The molecule has 1 aliphatic rings. The van der Waals surface area contributed by atoms with Crippen LogP contribution in [0.4, 0.5) is 0 Å². The monoisotopic (exact) mass is 228 g/mol. The first kappa shape index (κ1) is 13.0. The number of methoxy groups -OCH3 is 1. The van der Waals surface area contributed by atoms with Gasteiger partial charge < -0.3 is 10.1 Å². The van der Waals surface area contributed by atoms with Crippen molar-refractivity contribution in [1.29, 1.82) is 0 Å². The van der Waals surface area contributed by atoms with E-state index in [1.807, 2.05) is 25.7 Å². The Morgan fingerprint density at radius 3 is 2.75 bits per heavy atom. The van der Waals surface area contributed by atoms with Crippen LogP contribution in [0, 0.1) is 5.92 Å². The van der Waals surface area contributed by atoms with Crippen LogP contribution in [0.25, 0.3) is 0 Å². The number of carbonyl (C=O) groups excluding carboxylic acids is 2. The van der Waals surface area contributed by atoms with E-state index in [0.29, 0.717) is 6.54 Å². The minimum atomic E-state index is -0.231. The summed E-state index contributed by atoms with van der Waals surface area (Å²) in [6.45, 7) is 7.05. The number of hydrogen-bond donors (Lipinski definition) is 1. The topological polar surface area (TPSA) is 58.6 Å². The summed E-state index contributed by atoms with van der Waals surface area (Å²) in [5.41, 5.74) is 0. The van der Waals surface area contributed by atoms with Gasteiger partial charge in [0.15, 0.2) is 0 Å². The molecule has 1 heterocycles. The smallest absolute Gasteiger partial charge is 0.309 e. The van der Waals surface area contributed by atoms with E-state index in [1.165, 1.54) is 7.11 Å². The molecule has 1 aliphatic heterocycles. The Balaban J connectivity index is 2.68. The van der Waals surface area contributed by atoms with Crippen LogP contribution in [0.2, 0.25) is 0 Å². The summed E-state index contributed by atoms with van der Waals surface area (Å²) in [5.74, 6) is -0.431. The van der Waals surface area contributed by atoms with Crippen molar-refractivity contribution in [3.05, 3.63) is 0 Å². The van der Waals surface area contributed by atoms with Crippen molar-refractivity contribution in [2.45, 2.75) is 32.9 Å². The lowest BCUT2D eigenvalue weighted by atomic mass is 9.99. The molecule has 16 heavy (non-hydrogen) atoms. The Hall–Kier alpha value is -1.10. The standard InChI is InChI=1S/C11H20N2O3/c1-7(11(15)16-4)8(2)13-6-5-12-10(14)9(13)3/h7-9H,5-6H2,1-4H3,(H,12,14). The third-order valence-electron chi connectivity index (χ3n) is 3.37. The molecule has 1 fully saturated rings. The van der Waals surface area contributed by atoms with Crippen molar-refractivity contribution in [3.8, 4) is 0 Å². The molecule has 0 aromatic carbocycles. The molecule has 1 N–H and O–H groups in total. The van der Waals surface area contributed by atoms with E-state index in [-0.39, 0.29) is 29.9 Å². The number of piperazine rings is 1. The normalized spacial score (nSPS) is 25.8. The van der Waals surface area contributed by atoms with Crippen LogP contribution < -0.4 is 5.32 Å². The number of nitrogens with one attached hydrogen (secondary N) is 1. The van der Waals surface area contributed by atoms with Gasteiger partial charge in [-0.15, -0.1) is 0 Å². The zero-order chi connectivity index (χ0) is 12.3. The average Bonchev–Trinajstić information content (AvgIpc) is 2.29. The van der Waals surface area contributed by atoms with E-state index < -0.39 is 0 Å². The highest BCUT2D eigenvalue weighted by atomic mass is 16.5. The first-order chi connectivity index (χ1) is 7.49. The number of hydrogen-bond acceptors (Lipinski definition) is 4. The number of esters is 1. The molecule has 3 unspecified atom stereocenters. The van der Waals surface area contributed by atoms with Gasteiger partial charge in [0.1, 0.15) is 0 Å². The summed E-state index contributed by atoms with van der Waals surface area (Å²) >= 11 is 0. The lowest BCUT2D eigenvalue weighted by Crippen LogP contribution is -2.58. The van der Waals surface area contributed by atoms with Gasteiger partial charge in [-0.1, -0.05) is 6.92 Å². The van der Waals surface area contributed by atoms with E-state index in [4.69, 9.17) is 4.74 Å². The minimum Gasteiger partial charge on any atom is -0.469 e. The molecule has 1 amide bonds. The van der Waals surface area contributed by atoms with Gasteiger partial charge in [0.05, 0.1) is 19.1 Å². The number of nitrogens with zero attached hydrogens (tertiary/aromatic N) is 1. The number of amides is 1. The fourth-order valence-corrected chi connectivity index (χ4v) is 2.03. The first-order valence-electron chi connectivity index (χ1n) is 5.60. The lowest BCUT2D eigenvalue weighted by Gasteiger charge is -2.39. The average molecular weight is 228 g/mol. The minimum absolute atomic E-state index is 0.00787. The Morgan fingerprint density at radius 1 is 1.56 bits per heavy atom. The van der Waals surface area contributed by atoms with E-state index >= 15 is 0 Å². The van der Waals surface area contributed by atoms with Crippen LogP contribution in [0.1, 0.15) is 20.8 Å². The van der Waals surface area contributed by atoms with E-state index in [0.717, 1.165) is 6.54 Å². The van der Waals surface area contributed by atoms with Crippen molar-refractivity contribution < 1.29 is 14.3 Å². The summed E-state index contributed by atoms with van der Waals surface area (Å²) in [4.78, 5) is 25.0. The molecule has 0 bridgehead atoms. The van der Waals surface area contributed by atoms with Gasteiger partial charge in [-0.25, -0.2) is 0 Å². The molecule has 0 aromatic rings.